The summed E-state index contributed by atoms with van der Waals surface area (Å²) in [5.41, 5.74) is 7.80. The van der Waals surface area contributed by atoms with Gasteiger partial charge in [0, 0.05) is 5.69 Å². The van der Waals surface area contributed by atoms with Crippen molar-refractivity contribution in [1.82, 2.24) is 0 Å². The molecule has 4 heteroatoms. The third kappa shape index (κ3) is 6.32. The zero-order chi connectivity index (χ0) is 16.7. The fourth-order valence-corrected chi connectivity index (χ4v) is 3.03. The van der Waals surface area contributed by atoms with Crippen molar-refractivity contribution in [2.24, 2.45) is 11.7 Å². The third-order valence-electron chi connectivity index (χ3n) is 4.29. The van der Waals surface area contributed by atoms with Gasteiger partial charge >= 0.3 is 0 Å². The highest BCUT2D eigenvalue weighted by molar-refractivity contribution is 5.94. The lowest BCUT2D eigenvalue weighted by molar-refractivity contribution is -0.117. The second-order valence-corrected chi connectivity index (χ2v) is 7.00. The fraction of sp³-hybridized carbons (Fsp3) is 0.632. The molecule has 2 rings (SSSR count). The number of benzene rings is 1. The second kappa shape index (κ2) is 9.04. The first-order valence-corrected chi connectivity index (χ1v) is 8.81. The van der Waals surface area contributed by atoms with Gasteiger partial charge in [0.05, 0.1) is 18.8 Å². The Morgan fingerprint density at radius 1 is 1.30 bits per heavy atom. The molecule has 1 fully saturated rings. The van der Waals surface area contributed by atoms with E-state index in [-0.39, 0.29) is 5.91 Å². The molecule has 0 spiro atoms. The first kappa shape index (κ1) is 18.0. The van der Waals surface area contributed by atoms with E-state index in [4.69, 9.17) is 10.5 Å². The van der Waals surface area contributed by atoms with E-state index in [1.54, 1.807) is 0 Å². The van der Waals surface area contributed by atoms with Crippen molar-refractivity contribution < 1.29 is 9.53 Å². The number of rotatable bonds is 7. The molecule has 1 aliphatic carbocycles. The SMILES string of the molecule is CC(C)C[C@H](N)C(=O)Nc1cccc(COC2CCCCC2)c1. The molecule has 1 aliphatic rings. The average Bonchev–Trinajstić information content (AvgIpc) is 2.53. The van der Waals surface area contributed by atoms with Crippen LogP contribution in [0, 0.1) is 5.92 Å². The second-order valence-electron chi connectivity index (χ2n) is 7.00. The predicted molar refractivity (Wildman–Crippen MR) is 94.2 cm³/mol. The molecule has 0 heterocycles. The van der Waals surface area contributed by atoms with E-state index in [9.17, 15) is 4.79 Å². The third-order valence-corrected chi connectivity index (χ3v) is 4.29. The largest absolute Gasteiger partial charge is 0.374 e. The number of anilines is 1. The van der Waals surface area contributed by atoms with Crippen molar-refractivity contribution in [3.63, 3.8) is 0 Å². The number of nitrogens with two attached hydrogens (primary N) is 1. The number of ether oxygens (including phenoxy) is 1. The number of carbonyl (C=O) groups is 1. The number of hydrogen-bond donors (Lipinski definition) is 2. The van der Waals surface area contributed by atoms with Crippen molar-refractivity contribution in [2.45, 2.75) is 71.1 Å². The Hall–Kier alpha value is -1.39. The quantitative estimate of drug-likeness (QED) is 0.802. The average molecular weight is 318 g/mol. The molecule has 23 heavy (non-hydrogen) atoms. The van der Waals surface area contributed by atoms with Gasteiger partial charge in [-0.15, -0.1) is 0 Å². The normalized spacial score (nSPS) is 17.2. The topological polar surface area (TPSA) is 64.4 Å². The molecule has 0 radical (unpaired) electrons. The van der Waals surface area contributed by atoms with Crippen LogP contribution in [0.5, 0.6) is 0 Å². The Balaban J connectivity index is 1.85. The van der Waals surface area contributed by atoms with Crippen LogP contribution in [0.25, 0.3) is 0 Å². The smallest absolute Gasteiger partial charge is 0.241 e. The molecule has 0 aliphatic heterocycles. The predicted octanol–water partition coefficient (Wildman–Crippen LogP) is 3.85. The molecule has 1 atom stereocenters. The van der Waals surface area contributed by atoms with Gasteiger partial charge in [-0.2, -0.15) is 0 Å². The van der Waals surface area contributed by atoms with E-state index < -0.39 is 6.04 Å². The van der Waals surface area contributed by atoms with Gasteiger partial charge in [0.15, 0.2) is 0 Å². The van der Waals surface area contributed by atoms with Crippen molar-refractivity contribution in [1.29, 1.82) is 0 Å². The molecule has 1 amide bonds. The minimum Gasteiger partial charge on any atom is -0.374 e. The summed E-state index contributed by atoms with van der Waals surface area (Å²) < 4.78 is 5.99. The van der Waals surface area contributed by atoms with E-state index in [0.717, 1.165) is 11.3 Å². The zero-order valence-electron chi connectivity index (χ0n) is 14.4. The Labute approximate surface area is 139 Å². The van der Waals surface area contributed by atoms with E-state index in [1.165, 1.54) is 32.1 Å². The van der Waals surface area contributed by atoms with Gasteiger partial charge in [0.2, 0.25) is 5.91 Å². The van der Waals surface area contributed by atoms with Crippen LogP contribution in [-0.4, -0.2) is 18.1 Å². The van der Waals surface area contributed by atoms with Crippen LogP contribution >= 0.6 is 0 Å². The Morgan fingerprint density at radius 3 is 2.74 bits per heavy atom. The van der Waals surface area contributed by atoms with Crippen LogP contribution in [-0.2, 0) is 16.1 Å². The highest BCUT2D eigenvalue weighted by atomic mass is 16.5. The maximum absolute atomic E-state index is 12.1. The van der Waals surface area contributed by atoms with Crippen LogP contribution in [0.1, 0.15) is 57.9 Å². The van der Waals surface area contributed by atoms with Crippen LogP contribution in [0.3, 0.4) is 0 Å². The van der Waals surface area contributed by atoms with E-state index in [0.29, 0.717) is 25.0 Å². The van der Waals surface area contributed by atoms with Crippen LogP contribution in [0.15, 0.2) is 24.3 Å². The number of nitrogens with one attached hydrogen (secondary N) is 1. The molecule has 1 saturated carbocycles. The van der Waals surface area contributed by atoms with Gasteiger partial charge in [-0.1, -0.05) is 45.2 Å². The van der Waals surface area contributed by atoms with Crippen molar-refractivity contribution >= 4 is 11.6 Å². The molecule has 3 N–H and O–H groups in total. The van der Waals surface area contributed by atoms with E-state index in [1.807, 2.05) is 24.3 Å². The van der Waals surface area contributed by atoms with Gasteiger partial charge in [0.1, 0.15) is 0 Å². The summed E-state index contributed by atoms with van der Waals surface area (Å²) in [7, 11) is 0. The van der Waals surface area contributed by atoms with Crippen molar-refractivity contribution in [3.05, 3.63) is 29.8 Å². The Morgan fingerprint density at radius 2 is 2.04 bits per heavy atom. The van der Waals surface area contributed by atoms with Crippen LogP contribution in [0.4, 0.5) is 5.69 Å². The minimum absolute atomic E-state index is 0.121. The summed E-state index contributed by atoms with van der Waals surface area (Å²) in [6.45, 7) is 4.74. The molecule has 0 bridgehead atoms. The number of amides is 1. The van der Waals surface area contributed by atoms with Crippen molar-refractivity contribution in [2.75, 3.05) is 5.32 Å². The first-order chi connectivity index (χ1) is 11.0. The molecule has 4 nitrogen and oxygen atoms in total. The summed E-state index contributed by atoms with van der Waals surface area (Å²) >= 11 is 0. The highest BCUT2D eigenvalue weighted by Gasteiger charge is 2.16. The maximum atomic E-state index is 12.1. The Bertz CT molecular complexity index is 496. The molecular formula is C19H30N2O2. The van der Waals surface area contributed by atoms with E-state index >= 15 is 0 Å². The maximum Gasteiger partial charge on any atom is 0.241 e. The zero-order valence-corrected chi connectivity index (χ0v) is 14.4. The lowest BCUT2D eigenvalue weighted by atomic mass is 9.98. The number of hydrogen-bond acceptors (Lipinski definition) is 3. The molecule has 0 unspecified atom stereocenters. The van der Waals surface area contributed by atoms with Gasteiger partial charge in [-0.05, 0) is 42.9 Å². The summed E-state index contributed by atoms with van der Waals surface area (Å²) in [5, 5.41) is 2.91. The molecule has 0 aromatic heterocycles. The minimum atomic E-state index is -0.461. The summed E-state index contributed by atoms with van der Waals surface area (Å²) in [6, 6.07) is 7.39. The van der Waals surface area contributed by atoms with Gasteiger partial charge < -0.3 is 15.8 Å². The number of carbonyl (C=O) groups excluding carboxylic acids is 1. The van der Waals surface area contributed by atoms with Crippen molar-refractivity contribution in [3.8, 4) is 0 Å². The fourth-order valence-electron chi connectivity index (χ4n) is 3.03. The van der Waals surface area contributed by atoms with Gasteiger partial charge in [-0.3, -0.25) is 4.79 Å². The standard InChI is InChI=1S/C19H30N2O2/c1-14(2)11-18(20)19(22)21-16-8-6-7-15(12-16)13-23-17-9-4-3-5-10-17/h6-8,12,14,17-18H,3-5,9-11,13,20H2,1-2H3,(H,21,22)/t18-/m0/s1. The van der Waals surface area contributed by atoms with Crippen LogP contribution < -0.4 is 11.1 Å². The van der Waals surface area contributed by atoms with Crippen LogP contribution in [0.2, 0.25) is 0 Å². The molecular weight excluding hydrogens is 288 g/mol. The highest BCUT2D eigenvalue weighted by Crippen LogP contribution is 2.22. The molecule has 1 aromatic carbocycles. The Kier molecular flexibility index (Phi) is 7.06. The molecule has 0 saturated heterocycles. The summed E-state index contributed by atoms with van der Waals surface area (Å²) in [5.74, 6) is 0.287. The lowest BCUT2D eigenvalue weighted by Crippen LogP contribution is -2.36. The summed E-state index contributed by atoms with van der Waals surface area (Å²) in [4.78, 5) is 12.1. The lowest BCUT2D eigenvalue weighted by Gasteiger charge is -2.22. The van der Waals surface area contributed by atoms with Gasteiger partial charge in [0.25, 0.3) is 0 Å². The molecule has 1 aromatic rings. The molecule has 128 valence electrons. The van der Waals surface area contributed by atoms with E-state index in [2.05, 4.69) is 19.2 Å². The monoisotopic (exact) mass is 318 g/mol. The first-order valence-electron chi connectivity index (χ1n) is 8.81. The van der Waals surface area contributed by atoms with Gasteiger partial charge in [-0.25, -0.2) is 0 Å². The summed E-state index contributed by atoms with van der Waals surface area (Å²) in [6.07, 6.45) is 7.29.